The molecule has 0 atom stereocenters. The van der Waals surface area contributed by atoms with E-state index >= 15 is 0 Å². The lowest BCUT2D eigenvalue weighted by Crippen LogP contribution is -2.10. The maximum atomic E-state index is 4.69. The van der Waals surface area contributed by atoms with Gasteiger partial charge in [0.2, 0.25) is 6.39 Å². The third-order valence-corrected chi connectivity index (χ3v) is 2.72. The Balaban J connectivity index is 2.19. The van der Waals surface area contributed by atoms with E-state index in [-0.39, 0.29) is 0 Å². The van der Waals surface area contributed by atoms with E-state index in [4.69, 9.17) is 4.52 Å². The van der Waals surface area contributed by atoms with Crippen LogP contribution in [-0.4, -0.2) is 27.2 Å². The Morgan fingerprint density at radius 2 is 2.00 bits per heavy atom. The number of anilines is 2. The van der Waals surface area contributed by atoms with Gasteiger partial charge in [-0.2, -0.15) is 4.98 Å². The molecule has 2 rings (SSSR count). The molecule has 102 valence electrons. The minimum absolute atomic E-state index is 0.475. The number of hydrogen-bond donors (Lipinski definition) is 2. The Kier molecular flexibility index (Phi) is 4.27. The zero-order valence-corrected chi connectivity index (χ0v) is 11.4. The number of aryl methyl sites for hydroxylation is 1. The first-order valence-corrected chi connectivity index (χ1v) is 6.29. The van der Waals surface area contributed by atoms with Gasteiger partial charge < -0.3 is 15.2 Å². The third-order valence-electron chi connectivity index (χ3n) is 2.72. The predicted molar refractivity (Wildman–Crippen MR) is 71.9 cm³/mol. The number of aromatic nitrogens is 4. The van der Waals surface area contributed by atoms with Crippen LogP contribution in [0.2, 0.25) is 0 Å². The topological polar surface area (TPSA) is 88.8 Å². The van der Waals surface area contributed by atoms with Crippen molar-refractivity contribution in [1.82, 2.24) is 20.1 Å². The highest BCUT2D eigenvalue weighted by molar-refractivity contribution is 5.56. The van der Waals surface area contributed by atoms with E-state index in [0.29, 0.717) is 12.4 Å². The standard InChI is InChI=1S/C12H18N6O/c1-4-5-9-16-11(13-3)8(2)12(17-9)14-6-10-15-7-19-18-10/h7H,4-6H2,1-3H3,(H2,13,14,16,17). The molecule has 0 radical (unpaired) electrons. The minimum atomic E-state index is 0.475. The summed E-state index contributed by atoms with van der Waals surface area (Å²) in [6.07, 6.45) is 3.17. The van der Waals surface area contributed by atoms with E-state index in [0.717, 1.165) is 35.9 Å². The van der Waals surface area contributed by atoms with Crippen molar-refractivity contribution in [1.29, 1.82) is 0 Å². The Morgan fingerprint density at radius 1 is 1.21 bits per heavy atom. The van der Waals surface area contributed by atoms with Gasteiger partial charge in [-0.05, 0) is 13.3 Å². The van der Waals surface area contributed by atoms with Gasteiger partial charge in [0.1, 0.15) is 17.5 Å². The molecule has 0 saturated heterocycles. The molecule has 7 nitrogen and oxygen atoms in total. The lowest BCUT2D eigenvalue weighted by molar-refractivity contribution is 0.411. The summed E-state index contributed by atoms with van der Waals surface area (Å²) in [7, 11) is 1.86. The summed E-state index contributed by atoms with van der Waals surface area (Å²) in [6.45, 7) is 4.55. The molecule has 0 spiro atoms. The lowest BCUT2D eigenvalue weighted by atomic mass is 10.2. The van der Waals surface area contributed by atoms with Gasteiger partial charge in [0.05, 0.1) is 6.54 Å². The molecular weight excluding hydrogens is 244 g/mol. The van der Waals surface area contributed by atoms with Gasteiger partial charge in [-0.3, -0.25) is 0 Å². The van der Waals surface area contributed by atoms with Crippen molar-refractivity contribution in [2.24, 2.45) is 0 Å². The van der Waals surface area contributed by atoms with E-state index in [1.54, 1.807) is 0 Å². The summed E-state index contributed by atoms with van der Waals surface area (Å²) in [5, 5.41) is 10.1. The zero-order valence-electron chi connectivity index (χ0n) is 11.4. The van der Waals surface area contributed by atoms with Crippen LogP contribution in [0, 0.1) is 6.92 Å². The molecule has 19 heavy (non-hydrogen) atoms. The molecule has 7 heteroatoms. The van der Waals surface area contributed by atoms with Gasteiger partial charge in [0, 0.05) is 19.0 Å². The van der Waals surface area contributed by atoms with Crippen LogP contribution >= 0.6 is 0 Å². The van der Waals surface area contributed by atoms with Crippen LogP contribution in [0.3, 0.4) is 0 Å². The molecule has 0 aliphatic carbocycles. The second kappa shape index (κ2) is 6.12. The van der Waals surface area contributed by atoms with E-state index in [9.17, 15) is 0 Å². The molecule has 0 fully saturated rings. The summed E-state index contributed by atoms with van der Waals surface area (Å²) >= 11 is 0. The van der Waals surface area contributed by atoms with E-state index in [1.165, 1.54) is 6.39 Å². The molecule has 0 bridgehead atoms. The summed E-state index contributed by atoms with van der Waals surface area (Å²) in [5.74, 6) is 3.07. The van der Waals surface area contributed by atoms with Crippen molar-refractivity contribution in [3.8, 4) is 0 Å². The smallest absolute Gasteiger partial charge is 0.213 e. The Bertz CT molecular complexity index is 525. The maximum Gasteiger partial charge on any atom is 0.213 e. The quantitative estimate of drug-likeness (QED) is 0.820. The van der Waals surface area contributed by atoms with Crippen LogP contribution < -0.4 is 10.6 Å². The van der Waals surface area contributed by atoms with E-state index in [1.807, 2.05) is 14.0 Å². The Hall–Kier alpha value is -2.18. The molecular formula is C12H18N6O. The molecule has 2 N–H and O–H groups in total. The van der Waals surface area contributed by atoms with Crippen molar-refractivity contribution in [2.75, 3.05) is 17.7 Å². The van der Waals surface area contributed by atoms with Crippen LogP contribution in [0.5, 0.6) is 0 Å². The second-order valence-corrected chi connectivity index (χ2v) is 4.16. The fourth-order valence-electron chi connectivity index (χ4n) is 1.75. The van der Waals surface area contributed by atoms with Crippen LogP contribution in [0.1, 0.15) is 30.6 Å². The molecule has 0 amide bonds. The number of nitrogens with one attached hydrogen (secondary N) is 2. The largest absolute Gasteiger partial charge is 0.373 e. The monoisotopic (exact) mass is 262 g/mol. The number of nitrogens with zero attached hydrogens (tertiary/aromatic N) is 4. The van der Waals surface area contributed by atoms with Gasteiger partial charge >= 0.3 is 0 Å². The lowest BCUT2D eigenvalue weighted by Gasteiger charge is -2.12. The van der Waals surface area contributed by atoms with E-state index < -0.39 is 0 Å². The first kappa shape index (κ1) is 13.3. The highest BCUT2D eigenvalue weighted by Gasteiger charge is 2.10. The van der Waals surface area contributed by atoms with Gasteiger partial charge in [-0.25, -0.2) is 9.97 Å². The highest BCUT2D eigenvalue weighted by Crippen LogP contribution is 2.20. The molecule has 2 aromatic rings. The van der Waals surface area contributed by atoms with Crippen LogP contribution in [0.15, 0.2) is 10.9 Å². The average Bonchev–Trinajstić information content (AvgIpc) is 2.92. The normalized spacial score (nSPS) is 10.5. The Morgan fingerprint density at radius 3 is 2.63 bits per heavy atom. The van der Waals surface area contributed by atoms with Crippen molar-refractivity contribution in [3.05, 3.63) is 23.6 Å². The summed E-state index contributed by atoms with van der Waals surface area (Å²) in [4.78, 5) is 13.0. The fraction of sp³-hybridized carbons (Fsp3) is 0.500. The first-order chi connectivity index (χ1) is 9.24. The second-order valence-electron chi connectivity index (χ2n) is 4.16. The van der Waals surface area contributed by atoms with Gasteiger partial charge in [0.15, 0.2) is 5.82 Å². The van der Waals surface area contributed by atoms with Crippen LogP contribution in [0.4, 0.5) is 11.6 Å². The number of hydrogen-bond acceptors (Lipinski definition) is 7. The van der Waals surface area contributed by atoms with Gasteiger partial charge in [-0.15, -0.1) is 0 Å². The summed E-state index contributed by atoms with van der Waals surface area (Å²) in [5.41, 5.74) is 0.978. The molecule has 0 unspecified atom stereocenters. The SMILES string of the molecule is CCCc1nc(NC)c(C)c(NCc2ncon2)n1. The highest BCUT2D eigenvalue weighted by atomic mass is 16.5. The first-order valence-electron chi connectivity index (χ1n) is 6.29. The molecule has 0 saturated carbocycles. The molecule has 0 aliphatic heterocycles. The van der Waals surface area contributed by atoms with Crippen LogP contribution in [-0.2, 0) is 13.0 Å². The Labute approximate surface area is 111 Å². The van der Waals surface area contributed by atoms with Crippen LogP contribution in [0.25, 0.3) is 0 Å². The molecule has 2 heterocycles. The van der Waals surface area contributed by atoms with E-state index in [2.05, 4.69) is 37.7 Å². The van der Waals surface area contributed by atoms with Gasteiger partial charge in [-0.1, -0.05) is 12.1 Å². The maximum absolute atomic E-state index is 4.69. The summed E-state index contributed by atoms with van der Waals surface area (Å²) < 4.78 is 4.69. The van der Waals surface area contributed by atoms with Crippen molar-refractivity contribution in [2.45, 2.75) is 33.2 Å². The van der Waals surface area contributed by atoms with Gasteiger partial charge in [0.25, 0.3) is 0 Å². The van der Waals surface area contributed by atoms with Crippen molar-refractivity contribution >= 4 is 11.6 Å². The average molecular weight is 262 g/mol. The molecule has 0 aliphatic rings. The molecule has 0 aromatic carbocycles. The predicted octanol–water partition coefficient (Wildman–Crippen LogP) is 1.77. The van der Waals surface area contributed by atoms with Crippen molar-refractivity contribution in [3.63, 3.8) is 0 Å². The fourth-order valence-corrected chi connectivity index (χ4v) is 1.75. The number of rotatable bonds is 6. The third kappa shape index (κ3) is 3.18. The summed E-state index contributed by atoms with van der Waals surface area (Å²) in [6, 6.07) is 0. The minimum Gasteiger partial charge on any atom is -0.373 e. The van der Waals surface area contributed by atoms with Crippen molar-refractivity contribution < 1.29 is 4.52 Å². The molecule has 2 aromatic heterocycles. The zero-order chi connectivity index (χ0) is 13.7.